The first kappa shape index (κ1) is 17.3. The van der Waals surface area contributed by atoms with Gasteiger partial charge in [0, 0.05) is 29.9 Å². The van der Waals surface area contributed by atoms with Crippen molar-refractivity contribution in [3.05, 3.63) is 41.3 Å². The standard InChI is InChI=1S/C18H21NO3S2/c1-13-18(2,3)15-12-14(17-6-4-10-23-17)7-8-16(15)19(13)9-5-11-24(20,21)22/h4,6-8,10,12H,5,9,11H2,1-3H3/p+1. The summed E-state index contributed by atoms with van der Waals surface area (Å²) in [5.41, 5.74) is 4.72. The lowest BCUT2D eigenvalue weighted by atomic mass is 9.81. The molecule has 4 nitrogen and oxygen atoms in total. The normalized spacial score (nSPS) is 16.5. The van der Waals surface area contributed by atoms with Gasteiger partial charge in [0.1, 0.15) is 6.54 Å². The SMILES string of the molecule is CC1=[N+](CCCS(=O)(=O)O)c2ccc(-c3cccs3)cc2C1(C)C. The van der Waals surface area contributed by atoms with Crippen molar-refractivity contribution in [2.24, 2.45) is 0 Å². The van der Waals surface area contributed by atoms with Gasteiger partial charge in [-0.15, -0.1) is 11.3 Å². The molecular formula is C18H22NO3S2+. The van der Waals surface area contributed by atoms with E-state index in [4.69, 9.17) is 4.55 Å². The van der Waals surface area contributed by atoms with Gasteiger partial charge in [-0.1, -0.05) is 6.07 Å². The lowest BCUT2D eigenvalue weighted by Gasteiger charge is -2.15. The number of hydrogen-bond acceptors (Lipinski definition) is 3. The minimum Gasteiger partial charge on any atom is -0.286 e. The van der Waals surface area contributed by atoms with E-state index in [0.717, 1.165) is 5.69 Å². The number of hydrogen-bond donors (Lipinski definition) is 1. The number of nitrogens with zero attached hydrogens (tertiary/aromatic N) is 1. The third-order valence-electron chi connectivity index (χ3n) is 4.86. The minimum absolute atomic E-state index is 0.0965. The van der Waals surface area contributed by atoms with Crippen LogP contribution in [0.1, 0.15) is 32.8 Å². The highest BCUT2D eigenvalue weighted by atomic mass is 32.2. The predicted octanol–water partition coefficient (Wildman–Crippen LogP) is 4.09. The molecule has 2 aromatic rings. The summed E-state index contributed by atoms with van der Waals surface area (Å²) in [6, 6.07) is 10.7. The first-order valence-electron chi connectivity index (χ1n) is 7.95. The molecule has 3 rings (SSSR count). The maximum atomic E-state index is 11.0. The fourth-order valence-electron chi connectivity index (χ4n) is 3.27. The molecule has 1 N–H and O–H groups in total. The van der Waals surface area contributed by atoms with E-state index in [1.807, 2.05) is 0 Å². The van der Waals surface area contributed by atoms with E-state index < -0.39 is 10.1 Å². The van der Waals surface area contributed by atoms with Crippen molar-refractivity contribution < 1.29 is 17.5 Å². The van der Waals surface area contributed by atoms with E-state index >= 15 is 0 Å². The van der Waals surface area contributed by atoms with Gasteiger partial charge in [-0.3, -0.25) is 4.55 Å². The summed E-state index contributed by atoms with van der Waals surface area (Å²) in [5, 5.41) is 2.08. The van der Waals surface area contributed by atoms with Crippen LogP contribution in [0.4, 0.5) is 5.69 Å². The van der Waals surface area contributed by atoms with E-state index in [-0.39, 0.29) is 11.2 Å². The molecule has 1 aromatic heterocycles. The summed E-state index contributed by atoms with van der Waals surface area (Å²) < 4.78 is 33.1. The zero-order valence-electron chi connectivity index (χ0n) is 14.1. The van der Waals surface area contributed by atoms with Gasteiger partial charge in [0.05, 0.1) is 11.2 Å². The van der Waals surface area contributed by atoms with E-state index in [1.165, 1.54) is 21.7 Å². The van der Waals surface area contributed by atoms with E-state index in [1.54, 1.807) is 11.3 Å². The molecule has 0 radical (unpaired) electrons. The van der Waals surface area contributed by atoms with Crippen LogP contribution in [0, 0.1) is 0 Å². The first-order chi connectivity index (χ1) is 11.2. The van der Waals surface area contributed by atoms with Crippen molar-refractivity contribution in [2.45, 2.75) is 32.6 Å². The third-order valence-corrected chi connectivity index (χ3v) is 6.58. The quantitative estimate of drug-likeness (QED) is 0.642. The van der Waals surface area contributed by atoms with Crippen molar-refractivity contribution in [3.63, 3.8) is 0 Å². The van der Waals surface area contributed by atoms with Crippen LogP contribution in [0.5, 0.6) is 0 Å². The molecule has 0 spiro atoms. The summed E-state index contributed by atoms with van der Waals surface area (Å²) in [7, 11) is -3.91. The molecule has 0 atom stereocenters. The Morgan fingerprint density at radius 3 is 2.62 bits per heavy atom. The van der Waals surface area contributed by atoms with Gasteiger partial charge in [-0.05, 0) is 43.0 Å². The molecule has 24 heavy (non-hydrogen) atoms. The summed E-state index contributed by atoms with van der Waals surface area (Å²) in [5.74, 6) is -0.209. The lowest BCUT2D eigenvalue weighted by Crippen LogP contribution is -2.27. The Labute approximate surface area is 147 Å². The van der Waals surface area contributed by atoms with Crippen LogP contribution in [0.3, 0.4) is 0 Å². The zero-order valence-corrected chi connectivity index (χ0v) is 15.7. The molecule has 0 saturated heterocycles. The van der Waals surface area contributed by atoms with E-state index in [2.05, 4.69) is 61.1 Å². The smallest absolute Gasteiger partial charge is 0.265 e. The van der Waals surface area contributed by atoms with Crippen LogP contribution >= 0.6 is 11.3 Å². The van der Waals surface area contributed by atoms with Crippen LogP contribution in [-0.2, 0) is 15.5 Å². The molecule has 0 fully saturated rings. The Morgan fingerprint density at radius 2 is 2.00 bits per heavy atom. The van der Waals surface area contributed by atoms with Crippen molar-refractivity contribution >= 4 is 32.9 Å². The van der Waals surface area contributed by atoms with Gasteiger partial charge in [-0.25, -0.2) is 0 Å². The molecule has 0 aliphatic carbocycles. The zero-order chi connectivity index (χ0) is 17.5. The second kappa shape index (κ2) is 6.10. The number of rotatable bonds is 5. The molecule has 1 aromatic carbocycles. The molecule has 2 heterocycles. The van der Waals surface area contributed by atoms with Gasteiger partial charge >= 0.3 is 0 Å². The van der Waals surface area contributed by atoms with Crippen LogP contribution in [-0.4, -0.2) is 35.6 Å². The van der Waals surface area contributed by atoms with Crippen molar-refractivity contribution in [1.29, 1.82) is 0 Å². The minimum atomic E-state index is -3.91. The maximum Gasteiger partial charge on any atom is 0.265 e. The molecule has 1 aliphatic rings. The van der Waals surface area contributed by atoms with Gasteiger partial charge in [0.15, 0.2) is 5.71 Å². The van der Waals surface area contributed by atoms with Crippen molar-refractivity contribution in [2.75, 3.05) is 12.3 Å². The van der Waals surface area contributed by atoms with Crippen molar-refractivity contribution in [1.82, 2.24) is 0 Å². The van der Waals surface area contributed by atoms with Gasteiger partial charge in [0.25, 0.3) is 10.1 Å². The summed E-state index contributed by atoms with van der Waals surface area (Å²) in [4.78, 5) is 1.25. The van der Waals surface area contributed by atoms with E-state index in [0.29, 0.717) is 13.0 Å². The van der Waals surface area contributed by atoms with Crippen LogP contribution in [0.15, 0.2) is 35.7 Å². The molecule has 0 bridgehead atoms. The number of fused-ring (bicyclic) bond motifs is 1. The molecule has 0 unspecified atom stereocenters. The van der Waals surface area contributed by atoms with Crippen LogP contribution < -0.4 is 0 Å². The third kappa shape index (κ3) is 3.18. The average molecular weight is 365 g/mol. The Balaban J connectivity index is 1.95. The Morgan fingerprint density at radius 1 is 1.25 bits per heavy atom. The molecule has 0 amide bonds. The maximum absolute atomic E-state index is 11.0. The Hall–Kier alpha value is -1.50. The highest BCUT2D eigenvalue weighted by molar-refractivity contribution is 7.85. The predicted molar refractivity (Wildman–Crippen MR) is 99.3 cm³/mol. The fourth-order valence-corrected chi connectivity index (χ4v) is 4.49. The molecule has 6 heteroatoms. The highest BCUT2D eigenvalue weighted by Gasteiger charge is 2.42. The second-order valence-electron chi connectivity index (χ2n) is 6.71. The molecule has 0 saturated carbocycles. The molecular weight excluding hydrogens is 342 g/mol. The number of thiophene rings is 1. The summed E-state index contributed by atoms with van der Waals surface area (Å²) in [6.45, 7) is 7.07. The summed E-state index contributed by atoms with van der Waals surface area (Å²) >= 11 is 1.72. The van der Waals surface area contributed by atoms with Crippen molar-refractivity contribution in [3.8, 4) is 10.4 Å². The van der Waals surface area contributed by atoms with Gasteiger partial charge < -0.3 is 0 Å². The Kier molecular flexibility index (Phi) is 4.40. The second-order valence-corrected chi connectivity index (χ2v) is 9.23. The summed E-state index contributed by atoms with van der Waals surface area (Å²) in [6.07, 6.45) is 0.401. The molecule has 1 aliphatic heterocycles. The fraction of sp³-hybridized carbons (Fsp3) is 0.389. The monoisotopic (exact) mass is 364 g/mol. The molecule has 128 valence electrons. The first-order valence-corrected chi connectivity index (χ1v) is 10.4. The lowest BCUT2D eigenvalue weighted by molar-refractivity contribution is -0.438. The highest BCUT2D eigenvalue weighted by Crippen LogP contribution is 2.42. The largest absolute Gasteiger partial charge is 0.286 e. The van der Waals surface area contributed by atoms with Crippen LogP contribution in [0.2, 0.25) is 0 Å². The van der Waals surface area contributed by atoms with Gasteiger partial charge in [-0.2, -0.15) is 13.0 Å². The number of benzene rings is 1. The Bertz CT molecular complexity index is 894. The van der Waals surface area contributed by atoms with E-state index in [9.17, 15) is 8.42 Å². The topological polar surface area (TPSA) is 57.4 Å². The van der Waals surface area contributed by atoms with Gasteiger partial charge in [0.2, 0.25) is 5.69 Å². The average Bonchev–Trinajstić information content (AvgIpc) is 3.08. The van der Waals surface area contributed by atoms with Crippen LogP contribution in [0.25, 0.3) is 10.4 Å².